The number of unbranched alkanes of at least 4 members (excludes halogenated alkanes) is 15. The first kappa shape index (κ1) is 25.9. The van der Waals surface area contributed by atoms with Crippen molar-refractivity contribution in [2.75, 3.05) is 0 Å². The van der Waals surface area contributed by atoms with Crippen LogP contribution in [0.1, 0.15) is 122 Å². The second-order valence-electron chi connectivity index (χ2n) is 7.95. The molecule has 4 N–H and O–H groups in total. The van der Waals surface area contributed by atoms with E-state index < -0.39 is 11.9 Å². The van der Waals surface area contributed by atoms with Crippen molar-refractivity contribution in [3.63, 3.8) is 0 Å². The predicted molar refractivity (Wildman–Crippen MR) is 111 cm³/mol. The zero-order valence-corrected chi connectivity index (χ0v) is 17.3. The number of carbonyl (C=O) groups is 2. The van der Waals surface area contributed by atoms with Crippen LogP contribution >= 0.6 is 0 Å². The molecule has 0 saturated heterocycles. The Labute approximate surface area is 166 Å². The van der Waals surface area contributed by atoms with Crippen LogP contribution in [-0.4, -0.2) is 28.2 Å². The maximum Gasteiger partial charge on any atom is 0.304 e. The predicted octanol–water partition coefficient (Wildman–Crippen LogP) is 5.89. The fourth-order valence-corrected chi connectivity index (χ4v) is 3.48. The molecule has 5 nitrogen and oxygen atoms in total. The van der Waals surface area contributed by atoms with Gasteiger partial charge in [-0.05, 0) is 12.8 Å². The van der Waals surface area contributed by atoms with Gasteiger partial charge in [-0.3, -0.25) is 9.59 Å². The second kappa shape index (κ2) is 19.7. The molecule has 1 atom stereocenters. The standard InChI is InChI=1S/C22H43NO4/c23-20(19-22(26)27)17-15-13-11-9-7-5-3-1-2-4-6-8-10-12-14-16-18-21(24)25/h20H,1-19,23H2,(H,24,25)(H,26,27). The first-order chi connectivity index (χ1) is 13.0. The summed E-state index contributed by atoms with van der Waals surface area (Å²) in [6, 6.07) is -0.181. The minimum atomic E-state index is -0.796. The van der Waals surface area contributed by atoms with E-state index in [2.05, 4.69) is 0 Å². The molecule has 0 aromatic heterocycles. The molecule has 0 saturated carbocycles. The van der Waals surface area contributed by atoms with Crippen LogP contribution in [0.3, 0.4) is 0 Å². The summed E-state index contributed by atoms with van der Waals surface area (Å²) in [4.78, 5) is 20.9. The highest BCUT2D eigenvalue weighted by molar-refractivity contribution is 5.67. The Morgan fingerprint density at radius 2 is 0.889 bits per heavy atom. The van der Waals surface area contributed by atoms with E-state index in [1.54, 1.807) is 0 Å². The molecule has 0 aromatic rings. The molecule has 5 heteroatoms. The minimum absolute atomic E-state index is 0.0901. The molecule has 0 aromatic carbocycles. The highest BCUT2D eigenvalue weighted by Crippen LogP contribution is 2.14. The lowest BCUT2D eigenvalue weighted by molar-refractivity contribution is -0.138. The third-order valence-electron chi connectivity index (χ3n) is 5.15. The van der Waals surface area contributed by atoms with Crippen LogP contribution in [0.25, 0.3) is 0 Å². The fourth-order valence-electron chi connectivity index (χ4n) is 3.48. The van der Waals surface area contributed by atoms with Gasteiger partial charge in [-0.1, -0.05) is 96.3 Å². The molecule has 160 valence electrons. The molecule has 0 fully saturated rings. The van der Waals surface area contributed by atoms with E-state index in [4.69, 9.17) is 15.9 Å². The number of carboxylic acids is 2. The van der Waals surface area contributed by atoms with E-state index in [1.165, 1.54) is 83.5 Å². The Kier molecular flexibility index (Phi) is 18.9. The van der Waals surface area contributed by atoms with Crippen molar-refractivity contribution in [2.45, 2.75) is 128 Å². The molecular formula is C22H43NO4. The number of carboxylic acid groups (broad SMARTS) is 2. The summed E-state index contributed by atoms with van der Waals surface area (Å²) in [7, 11) is 0. The average Bonchev–Trinajstić information content (AvgIpc) is 2.59. The van der Waals surface area contributed by atoms with Crippen LogP contribution < -0.4 is 5.73 Å². The van der Waals surface area contributed by atoms with E-state index in [1.807, 2.05) is 0 Å². The summed E-state index contributed by atoms with van der Waals surface area (Å²) in [6.07, 6.45) is 21.0. The summed E-state index contributed by atoms with van der Waals surface area (Å²) in [6.45, 7) is 0. The van der Waals surface area contributed by atoms with Crippen LogP contribution in [0.5, 0.6) is 0 Å². The maximum absolute atomic E-state index is 10.5. The van der Waals surface area contributed by atoms with E-state index in [-0.39, 0.29) is 12.5 Å². The highest BCUT2D eigenvalue weighted by atomic mass is 16.4. The first-order valence-corrected chi connectivity index (χ1v) is 11.2. The Bertz CT molecular complexity index is 360. The van der Waals surface area contributed by atoms with Crippen molar-refractivity contribution in [3.8, 4) is 0 Å². The number of aliphatic carboxylic acids is 2. The second-order valence-corrected chi connectivity index (χ2v) is 7.95. The normalized spacial score (nSPS) is 12.2. The van der Waals surface area contributed by atoms with Crippen LogP contribution in [-0.2, 0) is 9.59 Å². The first-order valence-electron chi connectivity index (χ1n) is 11.2. The smallest absolute Gasteiger partial charge is 0.304 e. The fraction of sp³-hybridized carbons (Fsp3) is 0.909. The van der Waals surface area contributed by atoms with Gasteiger partial charge in [0.25, 0.3) is 0 Å². The summed E-state index contributed by atoms with van der Waals surface area (Å²) >= 11 is 0. The van der Waals surface area contributed by atoms with Crippen LogP contribution in [0, 0.1) is 0 Å². The molecule has 0 amide bonds. The number of rotatable bonds is 21. The van der Waals surface area contributed by atoms with E-state index >= 15 is 0 Å². The summed E-state index contributed by atoms with van der Waals surface area (Å²) < 4.78 is 0. The molecular weight excluding hydrogens is 342 g/mol. The molecule has 0 radical (unpaired) electrons. The van der Waals surface area contributed by atoms with Crippen LogP contribution in [0.2, 0.25) is 0 Å². The van der Waals surface area contributed by atoms with E-state index in [0.29, 0.717) is 6.42 Å². The monoisotopic (exact) mass is 385 g/mol. The van der Waals surface area contributed by atoms with Gasteiger partial charge in [0.05, 0.1) is 6.42 Å². The lowest BCUT2D eigenvalue weighted by Crippen LogP contribution is -2.23. The Morgan fingerprint density at radius 1 is 0.556 bits per heavy atom. The topological polar surface area (TPSA) is 101 Å². The molecule has 0 rings (SSSR count). The van der Waals surface area contributed by atoms with Crippen molar-refractivity contribution in [2.24, 2.45) is 5.73 Å². The third kappa shape index (κ3) is 22.9. The lowest BCUT2D eigenvalue weighted by Gasteiger charge is -2.08. The van der Waals surface area contributed by atoms with Crippen LogP contribution in [0.15, 0.2) is 0 Å². The molecule has 0 spiro atoms. The van der Waals surface area contributed by atoms with Gasteiger partial charge >= 0.3 is 11.9 Å². The molecule has 0 aliphatic carbocycles. The van der Waals surface area contributed by atoms with Crippen molar-refractivity contribution in [1.82, 2.24) is 0 Å². The third-order valence-corrected chi connectivity index (χ3v) is 5.15. The van der Waals surface area contributed by atoms with Gasteiger partial charge in [-0.25, -0.2) is 0 Å². The van der Waals surface area contributed by atoms with Crippen molar-refractivity contribution < 1.29 is 19.8 Å². The SMILES string of the molecule is NC(CCCCCCCCCCCCCCCCCCC(=O)O)CC(=O)O. The van der Waals surface area contributed by atoms with Gasteiger partial charge in [0.15, 0.2) is 0 Å². The maximum atomic E-state index is 10.5. The van der Waals surface area contributed by atoms with E-state index in [0.717, 1.165) is 25.7 Å². The highest BCUT2D eigenvalue weighted by Gasteiger charge is 2.06. The van der Waals surface area contributed by atoms with Gasteiger partial charge < -0.3 is 15.9 Å². The average molecular weight is 386 g/mol. The van der Waals surface area contributed by atoms with Gasteiger partial charge in [0, 0.05) is 12.5 Å². The molecule has 27 heavy (non-hydrogen) atoms. The zero-order chi connectivity index (χ0) is 20.2. The molecule has 0 bridgehead atoms. The molecule has 1 unspecified atom stereocenters. The molecule has 0 aliphatic rings. The number of hydrogen-bond donors (Lipinski definition) is 3. The largest absolute Gasteiger partial charge is 0.481 e. The number of nitrogens with two attached hydrogens (primary N) is 1. The van der Waals surface area contributed by atoms with Gasteiger partial charge in [-0.2, -0.15) is 0 Å². The minimum Gasteiger partial charge on any atom is -0.481 e. The summed E-state index contributed by atoms with van der Waals surface area (Å²) in [5.41, 5.74) is 5.75. The van der Waals surface area contributed by atoms with Gasteiger partial charge in [-0.15, -0.1) is 0 Å². The lowest BCUT2D eigenvalue weighted by atomic mass is 10.0. The Morgan fingerprint density at radius 3 is 1.22 bits per heavy atom. The summed E-state index contributed by atoms with van der Waals surface area (Å²) in [5.74, 6) is -1.47. The van der Waals surface area contributed by atoms with Gasteiger partial charge in [0.1, 0.15) is 0 Å². The van der Waals surface area contributed by atoms with Crippen molar-refractivity contribution in [3.05, 3.63) is 0 Å². The molecule has 0 heterocycles. The van der Waals surface area contributed by atoms with E-state index in [9.17, 15) is 9.59 Å². The van der Waals surface area contributed by atoms with Crippen LogP contribution in [0.4, 0.5) is 0 Å². The van der Waals surface area contributed by atoms with Gasteiger partial charge in [0.2, 0.25) is 0 Å². The summed E-state index contributed by atoms with van der Waals surface area (Å²) in [5, 5.41) is 17.2. The Balaban J connectivity index is 3.09. The zero-order valence-electron chi connectivity index (χ0n) is 17.3. The van der Waals surface area contributed by atoms with Crippen molar-refractivity contribution in [1.29, 1.82) is 0 Å². The Hall–Kier alpha value is -1.10. The van der Waals surface area contributed by atoms with Crippen molar-refractivity contribution >= 4 is 11.9 Å². The quantitative estimate of drug-likeness (QED) is 0.214. The molecule has 0 aliphatic heterocycles. The number of hydrogen-bond acceptors (Lipinski definition) is 3.